The van der Waals surface area contributed by atoms with E-state index in [2.05, 4.69) is 25.7 Å². The van der Waals surface area contributed by atoms with Crippen LogP contribution in [0.1, 0.15) is 44.9 Å². The van der Waals surface area contributed by atoms with Crippen LogP contribution in [0.3, 0.4) is 0 Å². The van der Waals surface area contributed by atoms with Crippen molar-refractivity contribution in [3.63, 3.8) is 0 Å². The summed E-state index contributed by atoms with van der Waals surface area (Å²) in [5.74, 6) is -0.419. The highest BCUT2D eigenvalue weighted by atomic mass is 32.2. The maximum absolute atomic E-state index is 15.5. The van der Waals surface area contributed by atoms with E-state index in [-0.39, 0.29) is 10.4 Å². The van der Waals surface area contributed by atoms with Crippen LogP contribution in [-0.4, -0.2) is 52.9 Å². The van der Waals surface area contributed by atoms with Gasteiger partial charge in [-0.15, -0.1) is 0 Å². The van der Waals surface area contributed by atoms with Gasteiger partial charge in [-0.2, -0.15) is 0 Å². The molecule has 1 saturated heterocycles. The van der Waals surface area contributed by atoms with E-state index in [0.717, 1.165) is 27.9 Å². The first kappa shape index (κ1) is 27.5. The highest BCUT2D eigenvalue weighted by Gasteiger charge is 2.38. The molecule has 6 nitrogen and oxygen atoms in total. The van der Waals surface area contributed by atoms with Crippen LogP contribution in [0.25, 0.3) is 33.4 Å². The fraction of sp³-hybridized carbons (Fsp3) is 0.387. The van der Waals surface area contributed by atoms with E-state index in [1.165, 1.54) is 12.3 Å². The minimum absolute atomic E-state index is 0.0162. The molecule has 0 amide bonds. The van der Waals surface area contributed by atoms with Crippen LogP contribution < -0.4 is 0 Å². The summed E-state index contributed by atoms with van der Waals surface area (Å²) in [6.45, 7) is 9.82. The van der Waals surface area contributed by atoms with Gasteiger partial charge in [0.15, 0.2) is 9.84 Å². The summed E-state index contributed by atoms with van der Waals surface area (Å²) in [6, 6.07) is 15.9. The summed E-state index contributed by atoms with van der Waals surface area (Å²) in [6.07, 6.45) is 2.17. The Bertz CT molecular complexity index is 1660. The third kappa shape index (κ3) is 5.13. The summed E-state index contributed by atoms with van der Waals surface area (Å²) in [5.41, 5.74) is 4.06. The van der Waals surface area contributed by atoms with Crippen LogP contribution in [0.4, 0.5) is 4.39 Å². The zero-order valence-electron chi connectivity index (χ0n) is 23.4. The monoisotopic (exact) mass is 549 g/mol. The van der Waals surface area contributed by atoms with E-state index in [1.54, 1.807) is 30.3 Å². The molecule has 0 saturated carbocycles. The fourth-order valence-corrected chi connectivity index (χ4v) is 6.28. The predicted octanol–water partition coefficient (Wildman–Crippen LogP) is 5.84. The largest absolute Gasteiger partial charge is 0.385 e. The molecule has 0 unspecified atom stereocenters. The van der Waals surface area contributed by atoms with Gasteiger partial charge in [0.25, 0.3) is 0 Å². The number of benzene rings is 2. The number of fused-ring (bicyclic) bond motifs is 1. The lowest BCUT2D eigenvalue weighted by atomic mass is 9.82. The van der Waals surface area contributed by atoms with Gasteiger partial charge in [-0.1, -0.05) is 24.3 Å². The minimum Gasteiger partial charge on any atom is -0.385 e. The number of aromatic nitrogens is 2. The molecule has 0 radical (unpaired) electrons. The van der Waals surface area contributed by atoms with Crippen LogP contribution in [0.15, 0.2) is 59.5 Å². The Labute approximate surface area is 230 Å². The van der Waals surface area contributed by atoms with Gasteiger partial charge in [-0.05, 0) is 76.4 Å². The lowest BCUT2D eigenvalue weighted by molar-refractivity contribution is -0.0481. The van der Waals surface area contributed by atoms with Crippen molar-refractivity contribution in [3.05, 3.63) is 71.7 Å². The summed E-state index contributed by atoms with van der Waals surface area (Å²) >= 11 is 0. The van der Waals surface area contributed by atoms with Crippen molar-refractivity contribution in [2.45, 2.75) is 56.6 Å². The van der Waals surface area contributed by atoms with E-state index >= 15 is 4.39 Å². The first-order valence-corrected chi connectivity index (χ1v) is 15.1. The molecule has 206 valence electrons. The highest BCUT2D eigenvalue weighted by molar-refractivity contribution is 7.90. The van der Waals surface area contributed by atoms with Crippen LogP contribution >= 0.6 is 0 Å². The van der Waals surface area contributed by atoms with Crippen molar-refractivity contribution in [1.29, 1.82) is 0 Å². The van der Waals surface area contributed by atoms with Crippen LogP contribution in [0.2, 0.25) is 0 Å². The van der Waals surface area contributed by atoms with Crippen molar-refractivity contribution < 1.29 is 17.9 Å². The van der Waals surface area contributed by atoms with Crippen LogP contribution in [-0.2, 0) is 22.5 Å². The molecular formula is C31H36FN3O3S. The summed E-state index contributed by atoms with van der Waals surface area (Å²) in [4.78, 5) is 7.38. The van der Waals surface area contributed by atoms with Gasteiger partial charge in [-0.25, -0.2) is 12.8 Å². The van der Waals surface area contributed by atoms with Crippen molar-refractivity contribution in [3.8, 4) is 22.5 Å². The SMILES string of the molecule is Cc1nc(-c2ccc(C3(O)CCN(C(C)(C)C)CC3)c(F)c2)cc2c1cc(-c1ccc(S(C)(=O)=O)cc1)n2C. The molecule has 1 fully saturated rings. The van der Waals surface area contributed by atoms with Gasteiger partial charge in [0.05, 0.1) is 21.7 Å². The Morgan fingerprint density at radius 2 is 1.59 bits per heavy atom. The number of aliphatic hydroxyl groups is 1. The van der Waals surface area contributed by atoms with Gasteiger partial charge in [0, 0.05) is 59.8 Å². The number of nitrogens with zero attached hydrogens (tertiary/aromatic N) is 3. The number of likely N-dealkylation sites (tertiary alicyclic amines) is 1. The molecule has 0 spiro atoms. The number of hydrogen-bond donors (Lipinski definition) is 1. The molecule has 8 heteroatoms. The average Bonchev–Trinajstić information content (AvgIpc) is 3.20. The number of hydrogen-bond acceptors (Lipinski definition) is 5. The lowest BCUT2D eigenvalue weighted by Gasteiger charge is -2.44. The first-order chi connectivity index (χ1) is 18.2. The molecule has 1 N–H and O–H groups in total. The number of rotatable bonds is 4. The van der Waals surface area contributed by atoms with E-state index in [9.17, 15) is 13.5 Å². The van der Waals surface area contributed by atoms with Gasteiger partial charge >= 0.3 is 0 Å². The number of aryl methyl sites for hydroxylation is 2. The van der Waals surface area contributed by atoms with Gasteiger partial charge in [0.2, 0.25) is 0 Å². The molecule has 1 aliphatic heterocycles. The summed E-state index contributed by atoms with van der Waals surface area (Å²) < 4.78 is 41.2. The molecule has 3 heterocycles. The number of halogens is 1. The standard InChI is InChI=1S/C31H36FN3O3S/c1-20-24-18-28(21-7-10-23(11-8-21)39(6,37)38)34(5)29(24)19-27(33-20)22-9-12-25(26(32)17-22)31(36)13-15-35(16-14-31)30(2,3)4/h7-12,17-19,36H,13-16H2,1-6H3. The van der Waals surface area contributed by atoms with Crippen molar-refractivity contribution in [1.82, 2.24) is 14.5 Å². The third-order valence-electron chi connectivity index (χ3n) is 8.11. The number of pyridine rings is 1. The second-order valence-electron chi connectivity index (χ2n) is 11.8. The third-order valence-corrected chi connectivity index (χ3v) is 9.24. The predicted molar refractivity (Wildman–Crippen MR) is 154 cm³/mol. The Morgan fingerprint density at radius 1 is 0.974 bits per heavy atom. The molecule has 2 aromatic heterocycles. The topological polar surface area (TPSA) is 75.4 Å². The molecular weight excluding hydrogens is 513 g/mol. The zero-order valence-corrected chi connectivity index (χ0v) is 24.2. The Kier molecular flexibility index (Phi) is 6.72. The number of piperidine rings is 1. The second-order valence-corrected chi connectivity index (χ2v) is 13.8. The van der Waals surface area contributed by atoms with E-state index in [0.29, 0.717) is 42.8 Å². The van der Waals surface area contributed by atoms with Crippen molar-refractivity contribution in [2.75, 3.05) is 19.3 Å². The second kappa shape index (κ2) is 9.54. The lowest BCUT2D eigenvalue weighted by Crippen LogP contribution is -2.50. The summed E-state index contributed by atoms with van der Waals surface area (Å²) in [7, 11) is -1.32. The van der Waals surface area contributed by atoms with Crippen molar-refractivity contribution >= 4 is 20.7 Å². The summed E-state index contributed by atoms with van der Waals surface area (Å²) in [5, 5.41) is 12.3. The fourth-order valence-electron chi connectivity index (χ4n) is 5.65. The Hall–Kier alpha value is -3.07. The molecule has 39 heavy (non-hydrogen) atoms. The zero-order chi connectivity index (χ0) is 28.3. The Balaban J connectivity index is 1.47. The quantitative estimate of drug-likeness (QED) is 0.346. The number of sulfone groups is 1. The maximum atomic E-state index is 15.5. The first-order valence-electron chi connectivity index (χ1n) is 13.2. The molecule has 5 rings (SSSR count). The van der Waals surface area contributed by atoms with Gasteiger partial charge in [-0.3, -0.25) is 9.88 Å². The molecule has 0 bridgehead atoms. The molecule has 4 aromatic rings. The molecule has 2 aromatic carbocycles. The van der Waals surface area contributed by atoms with Gasteiger partial charge < -0.3 is 9.67 Å². The smallest absolute Gasteiger partial charge is 0.175 e. The van der Waals surface area contributed by atoms with E-state index < -0.39 is 21.3 Å². The minimum atomic E-state index is -3.27. The van der Waals surface area contributed by atoms with Crippen LogP contribution in [0, 0.1) is 12.7 Å². The highest BCUT2D eigenvalue weighted by Crippen LogP contribution is 2.38. The van der Waals surface area contributed by atoms with Crippen LogP contribution in [0.5, 0.6) is 0 Å². The molecule has 1 aliphatic rings. The van der Waals surface area contributed by atoms with Gasteiger partial charge in [0.1, 0.15) is 5.82 Å². The van der Waals surface area contributed by atoms with Crippen molar-refractivity contribution in [2.24, 2.45) is 7.05 Å². The normalized spacial score (nSPS) is 16.6. The van der Waals surface area contributed by atoms with E-state index in [4.69, 9.17) is 4.98 Å². The molecule has 0 aliphatic carbocycles. The Morgan fingerprint density at radius 3 is 2.15 bits per heavy atom. The maximum Gasteiger partial charge on any atom is 0.175 e. The van der Waals surface area contributed by atoms with E-state index in [1.807, 2.05) is 36.7 Å². The average molecular weight is 550 g/mol. The molecule has 0 atom stereocenters.